The molecule has 0 heterocycles. The van der Waals surface area contributed by atoms with Crippen LogP contribution in [-0.4, -0.2) is 47.7 Å². The summed E-state index contributed by atoms with van der Waals surface area (Å²) >= 11 is 0. The molecule has 6 unspecified atom stereocenters. The molecule has 174 valence electrons. The molecule has 3 aliphatic carbocycles. The van der Waals surface area contributed by atoms with Crippen molar-refractivity contribution in [3.05, 3.63) is 0 Å². The number of aliphatic hydroxyl groups is 3. The van der Waals surface area contributed by atoms with Crippen molar-refractivity contribution < 1.29 is 24.9 Å². The number of esters is 1. The summed E-state index contributed by atoms with van der Waals surface area (Å²) in [5.74, 6) is 3.19. The number of hydrogen-bond donors (Lipinski definition) is 3. The van der Waals surface area contributed by atoms with Crippen molar-refractivity contribution in [3.63, 3.8) is 0 Å². The van der Waals surface area contributed by atoms with Crippen molar-refractivity contribution in [2.45, 2.75) is 79.1 Å². The number of ether oxygens (including phenoxy) is 1. The van der Waals surface area contributed by atoms with Gasteiger partial charge in [-0.2, -0.15) is 0 Å². The van der Waals surface area contributed by atoms with Crippen LogP contribution >= 0.6 is 0 Å². The molecule has 0 aliphatic heterocycles. The molecule has 3 N–H and O–H groups in total. The fourth-order valence-corrected chi connectivity index (χ4v) is 7.39. The minimum Gasteiger partial charge on any atom is -0.464 e. The summed E-state index contributed by atoms with van der Waals surface area (Å²) in [4.78, 5) is 13.3. The second kappa shape index (κ2) is 9.07. The van der Waals surface area contributed by atoms with Gasteiger partial charge < -0.3 is 20.1 Å². The van der Waals surface area contributed by atoms with Gasteiger partial charge in [-0.15, -0.1) is 0 Å². The highest BCUT2D eigenvalue weighted by Gasteiger charge is 2.59. The first-order valence-electron chi connectivity index (χ1n) is 12.2. The van der Waals surface area contributed by atoms with Gasteiger partial charge in [-0.3, -0.25) is 4.79 Å². The maximum Gasteiger partial charge on any atom is 0.312 e. The van der Waals surface area contributed by atoms with Gasteiger partial charge in [-0.25, -0.2) is 0 Å². The van der Waals surface area contributed by atoms with E-state index in [-0.39, 0.29) is 18.0 Å². The predicted octanol–water partition coefficient (Wildman–Crippen LogP) is 3.79. The van der Waals surface area contributed by atoms with E-state index in [1.807, 2.05) is 0 Å². The van der Waals surface area contributed by atoms with Gasteiger partial charge in [0.1, 0.15) is 6.61 Å². The highest BCUT2D eigenvalue weighted by Crippen LogP contribution is 2.64. The molecule has 0 aromatic rings. The van der Waals surface area contributed by atoms with Gasteiger partial charge in [0.15, 0.2) is 0 Å². The van der Waals surface area contributed by atoms with Crippen molar-refractivity contribution in [3.8, 4) is 0 Å². The second-order valence-corrected chi connectivity index (χ2v) is 11.6. The van der Waals surface area contributed by atoms with Gasteiger partial charge in [0.2, 0.25) is 0 Å². The highest BCUT2D eigenvalue weighted by atomic mass is 16.5. The van der Waals surface area contributed by atoms with Crippen LogP contribution in [0, 0.1) is 45.8 Å². The zero-order chi connectivity index (χ0) is 22.2. The lowest BCUT2D eigenvalue weighted by molar-refractivity contribution is -0.184. The molecule has 0 aromatic heterocycles. The number of hydrogen-bond acceptors (Lipinski definition) is 5. The Balaban J connectivity index is 1.76. The molecular weight excluding hydrogens is 380 g/mol. The Morgan fingerprint density at radius 3 is 2.30 bits per heavy atom. The van der Waals surface area contributed by atoms with E-state index in [2.05, 4.69) is 27.7 Å². The standard InChI is InChI=1S/C25H44O5/c1-17(2)18-6-8-20-19(12-18)7-9-21-23(20,3)10-5-11-24(21,4)22(29)30-16-25(13-26,14-27)15-28/h17-21,26-28H,5-16H2,1-4H3. The molecule has 0 aromatic carbocycles. The third kappa shape index (κ3) is 4.06. The molecule has 3 rings (SSSR count). The molecule has 3 aliphatic rings. The van der Waals surface area contributed by atoms with Gasteiger partial charge in [0, 0.05) is 0 Å². The van der Waals surface area contributed by atoms with E-state index in [1.54, 1.807) is 0 Å². The summed E-state index contributed by atoms with van der Waals surface area (Å²) in [5, 5.41) is 28.7. The zero-order valence-corrected chi connectivity index (χ0v) is 19.5. The molecule has 5 nitrogen and oxygen atoms in total. The molecule has 6 atom stereocenters. The van der Waals surface area contributed by atoms with E-state index >= 15 is 0 Å². The fraction of sp³-hybridized carbons (Fsp3) is 0.960. The van der Waals surface area contributed by atoms with Gasteiger partial charge in [-0.1, -0.05) is 27.2 Å². The van der Waals surface area contributed by atoms with E-state index < -0.39 is 30.7 Å². The fourth-order valence-electron chi connectivity index (χ4n) is 7.39. The first-order chi connectivity index (χ1) is 14.2. The van der Waals surface area contributed by atoms with Crippen molar-refractivity contribution in [2.75, 3.05) is 26.4 Å². The van der Waals surface area contributed by atoms with Crippen molar-refractivity contribution >= 4 is 5.97 Å². The summed E-state index contributed by atoms with van der Waals surface area (Å²) < 4.78 is 5.68. The van der Waals surface area contributed by atoms with Crippen LogP contribution in [0.4, 0.5) is 0 Å². The van der Waals surface area contributed by atoms with Crippen molar-refractivity contribution in [1.29, 1.82) is 0 Å². The molecule has 0 bridgehead atoms. The number of carbonyl (C=O) groups excluding carboxylic acids is 1. The van der Waals surface area contributed by atoms with Crippen LogP contribution in [0.25, 0.3) is 0 Å². The van der Waals surface area contributed by atoms with Crippen LogP contribution in [0.3, 0.4) is 0 Å². The van der Waals surface area contributed by atoms with Gasteiger partial charge in [0.05, 0.1) is 30.7 Å². The molecule has 3 fully saturated rings. The summed E-state index contributed by atoms with van der Waals surface area (Å²) in [6.45, 7) is 7.86. The van der Waals surface area contributed by atoms with Crippen LogP contribution < -0.4 is 0 Å². The monoisotopic (exact) mass is 424 g/mol. The molecule has 0 spiro atoms. The SMILES string of the molecule is CC(C)C1CCC2C(CCC3C(C)(C(=O)OCC(CO)(CO)CO)CCCC23C)C1. The van der Waals surface area contributed by atoms with E-state index in [0.29, 0.717) is 11.8 Å². The average molecular weight is 425 g/mol. The number of rotatable bonds is 7. The lowest BCUT2D eigenvalue weighted by Gasteiger charge is -2.61. The Kier molecular flexibility index (Phi) is 7.26. The lowest BCUT2D eigenvalue weighted by atomic mass is 9.43. The Bertz CT molecular complexity index is 592. The van der Waals surface area contributed by atoms with E-state index in [1.165, 1.54) is 32.1 Å². The van der Waals surface area contributed by atoms with Crippen LogP contribution in [0.5, 0.6) is 0 Å². The Morgan fingerprint density at radius 2 is 1.70 bits per heavy atom. The minimum absolute atomic E-state index is 0.142. The molecule has 3 saturated carbocycles. The molecular formula is C25H44O5. The number of aliphatic hydroxyl groups excluding tert-OH is 3. The summed E-state index contributed by atoms with van der Waals surface area (Å²) in [6.07, 6.45) is 9.31. The zero-order valence-electron chi connectivity index (χ0n) is 19.5. The topological polar surface area (TPSA) is 87.0 Å². The third-order valence-corrected chi connectivity index (χ3v) is 9.60. The van der Waals surface area contributed by atoms with Crippen LogP contribution in [0.1, 0.15) is 79.1 Å². The molecule has 0 amide bonds. The quantitative estimate of drug-likeness (QED) is 0.541. The summed E-state index contributed by atoms with van der Waals surface area (Å²) in [5.41, 5.74) is -1.52. The smallest absolute Gasteiger partial charge is 0.312 e. The minimum atomic E-state index is -1.17. The first kappa shape index (κ1) is 24.0. The molecule has 5 heteroatoms. The molecule has 30 heavy (non-hydrogen) atoms. The van der Waals surface area contributed by atoms with E-state index in [9.17, 15) is 20.1 Å². The highest BCUT2D eigenvalue weighted by molar-refractivity contribution is 5.77. The Hall–Kier alpha value is -0.650. The van der Waals surface area contributed by atoms with Crippen LogP contribution in [0.2, 0.25) is 0 Å². The van der Waals surface area contributed by atoms with Crippen LogP contribution in [0.15, 0.2) is 0 Å². The molecule has 0 radical (unpaired) electrons. The average Bonchev–Trinajstić information content (AvgIpc) is 2.74. The third-order valence-electron chi connectivity index (χ3n) is 9.60. The second-order valence-electron chi connectivity index (χ2n) is 11.6. The normalized spacial score (nSPS) is 39.3. The first-order valence-corrected chi connectivity index (χ1v) is 12.2. The largest absolute Gasteiger partial charge is 0.464 e. The Morgan fingerprint density at radius 1 is 1.03 bits per heavy atom. The Labute approximate surface area is 182 Å². The summed E-state index contributed by atoms with van der Waals surface area (Å²) in [6, 6.07) is 0. The maximum atomic E-state index is 13.3. The summed E-state index contributed by atoms with van der Waals surface area (Å²) in [7, 11) is 0. The lowest BCUT2D eigenvalue weighted by Crippen LogP contribution is -2.56. The van der Waals surface area contributed by atoms with E-state index in [0.717, 1.165) is 37.0 Å². The number of carbonyl (C=O) groups is 1. The van der Waals surface area contributed by atoms with Gasteiger partial charge in [-0.05, 0) is 86.9 Å². The maximum absolute atomic E-state index is 13.3. The van der Waals surface area contributed by atoms with E-state index in [4.69, 9.17) is 4.74 Å². The predicted molar refractivity (Wildman–Crippen MR) is 117 cm³/mol. The van der Waals surface area contributed by atoms with Gasteiger partial charge in [0.25, 0.3) is 0 Å². The van der Waals surface area contributed by atoms with Crippen LogP contribution in [-0.2, 0) is 9.53 Å². The van der Waals surface area contributed by atoms with Crippen molar-refractivity contribution in [1.82, 2.24) is 0 Å². The number of fused-ring (bicyclic) bond motifs is 3. The molecule has 0 saturated heterocycles. The van der Waals surface area contributed by atoms with Crippen molar-refractivity contribution in [2.24, 2.45) is 45.8 Å². The van der Waals surface area contributed by atoms with Gasteiger partial charge >= 0.3 is 5.97 Å².